The van der Waals surface area contributed by atoms with Crippen LogP contribution in [-0.4, -0.2) is 54.8 Å². The standard InChI is InChI=1S/C23H26ClN3O2/c24-20-7-5-18(6-8-20)16-27-17-19(21-3-1-2-4-22(21)27)15-23(28)25-9-10-26-11-13-29-14-12-26/h1-8,17H,9-16H2,(H,25,28). The lowest BCUT2D eigenvalue weighted by Crippen LogP contribution is -2.41. The van der Waals surface area contributed by atoms with Gasteiger partial charge in [-0.3, -0.25) is 9.69 Å². The van der Waals surface area contributed by atoms with Gasteiger partial charge < -0.3 is 14.6 Å². The van der Waals surface area contributed by atoms with E-state index in [0.717, 1.165) is 60.9 Å². The van der Waals surface area contributed by atoms with Crippen LogP contribution in [0.5, 0.6) is 0 Å². The number of fused-ring (bicyclic) bond motifs is 1. The Morgan fingerprint density at radius 3 is 2.62 bits per heavy atom. The highest BCUT2D eigenvalue weighted by molar-refractivity contribution is 6.30. The summed E-state index contributed by atoms with van der Waals surface area (Å²) in [7, 11) is 0. The van der Waals surface area contributed by atoms with Gasteiger partial charge in [0.15, 0.2) is 0 Å². The molecule has 1 aliphatic rings. The van der Waals surface area contributed by atoms with Gasteiger partial charge in [-0.15, -0.1) is 0 Å². The van der Waals surface area contributed by atoms with Crippen LogP contribution in [-0.2, 0) is 22.5 Å². The van der Waals surface area contributed by atoms with Crippen molar-refractivity contribution < 1.29 is 9.53 Å². The normalized spacial score (nSPS) is 14.9. The number of nitrogens with zero attached hydrogens (tertiary/aromatic N) is 2. The van der Waals surface area contributed by atoms with Crippen molar-refractivity contribution >= 4 is 28.4 Å². The Hall–Kier alpha value is -2.34. The molecule has 29 heavy (non-hydrogen) atoms. The number of rotatable bonds is 7. The molecule has 0 saturated carbocycles. The van der Waals surface area contributed by atoms with Crippen molar-refractivity contribution in [2.24, 2.45) is 0 Å². The van der Waals surface area contributed by atoms with Gasteiger partial charge in [-0.05, 0) is 29.3 Å². The van der Waals surface area contributed by atoms with E-state index in [9.17, 15) is 4.79 Å². The fourth-order valence-electron chi connectivity index (χ4n) is 3.79. The number of hydrogen-bond donors (Lipinski definition) is 1. The molecule has 3 aromatic rings. The zero-order valence-corrected chi connectivity index (χ0v) is 17.2. The van der Waals surface area contributed by atoms with Gasteiger partial charge in [-0.25, -0.2) is 0 Å². The van der Waals surface area contributed by atoms with Crippen LogP contribution in [0.2, 0.25) is 5.02 Å². The third kappa shape index (κ3) is 5.18. The van der Waals surface area contributed by atoms with E-state index in [1.807, 2.05) is 36.4 Å². The lowest BCUT2D eigenvalue weighted by Gasteiger charge is -2.26. The van der Waals surface area contributed by atoms with E-state index >= 15 is 0 Å². The molecule has 0 bridgehead atoms. The third-order valence-electron chi connectivity index (χ3n) is 5.34. The van der Waals surface area contributed by atoms with E-state index in [1.54, 1.807) is 0 Å². The first-order valence-corrected chi connectivity index (χ1v) is 10.4. The van der Waals surface area contributed by atoms with Crippen LogP contribution in [0, 0.1) is 0 Å². The zero-order chi connectivity index (χ0) is 20.1. The van der Waals surface area contributed by atoms with Gasteiger partial charge in [0.2, 0.25) is 5.91 Å². The molecule has 1 fully saturated rings. The summed E-state index contributed by atoms with van der Waals surface area (Å²) in [5, 5.41) is 4.93. The summed E-state index contributed by atoms with van der Waals surface area (Å²) in [4.78, 5) is 14.8. The van der Waals surface area contributed by atoms with Crippen LogP contribution in [0.4, 0.5) is 0 Å². The Bertz CT molecular complexity index is 962. The van der Waals surface area contributed by atoms with Crippen molar-refractivity contribution in [2.75, 3.05) is 39.4 Å². The van der Waals surface area contributed by atoms with Crippen molar-refractivity contribution in [1.29, 1.82) is 0 Å². The SMILES string of the molecule is O=C(Cc1cn(Cc2ccc(Cl)cc2)c2ccccc12)NCCN1CCOCC1. The molecular weight excluding hydrogens is 386 g/mol. The molecule has 0 atom stereocenters. The van der Waals surface area contributed by atoms with Gasteiger partial charge in [-0.1, -0.05) is 41.9 Å². The summed E-state index contributed by atoms with van der Waals surface area (Å²) in [5.41, 5.74) is 3.37. The number of carbonyl (C=O) groups excluding carboxylic acids is 1. The lowest BCUT2D eigenvalue weighted by molar-refractivity contribution is -0.120. The number of carbonyl (C=O) groups is 1. The van der Waals surface area contributed by atoms with Crippen molar-refractivity contribution in [3.05, 3.63) is 70.9 Å². The Morgan fingerprint density at radius 2 is 1.83 bits per heavy atom. The van der Waals surface area contributed by atoms with Gasteiger partial charge >= 0.3 is 0 Å². The van der Waals surface area contributed by atoms with E-state index in [2.05, 4.69) is 33.1 Å². The fourth-order valence-corrected chi connectivity index (χ4v) is 3.92. The van der Waals surface area contributed by atoms with Gasteiger partial charge in [0.25, 0.3) is 0 Å². The number of halogens is 1. The first kappa shape index (κ1) is 20.0. The topological polar surface area (TPSA) is 46.5 Å². The van der Waals surface area contributed by atoms with E-state index < -0.39 is 0 Å². The number of benzene rings is 2. The van der Waals surface area contributed by atoms with Crippen molar-refractivity contribution in [3.63, 3.8) is 0 Å². The monoisotopic (exact) mass is 411 g/mol. The molecule has 2 aromatic carbocycles. The van der Waals surface area contributed by atoms with E-state index in [1.165, 1.54) is 5.56 Å². The second kappa shape index (κ2) is 9.44. The maximum Gasteiger partial charge on any atom is 0.224 e. The molecule has 2 heterocycles. The number of para-hydroxylation sites is 1. The van der Waals surface area contributed by atoms with E-state index in [-0.39, 0.29) is 5.91 Å². The molecule has 6 heteroatoms. The highest BCUT2D eigenvalue weighted by Gasteiger charge is 2.13. The van der Waals surface area contributed by atoms with Crippen LogP contribution in [0.25, 0.3) is 10.9 Å². The first-order chi connectivity index (χ1) is 14.2. The molecule has 1 aliphatic heterocycles. The van der Waals surface area contributed by atoms with Crippen LogP contribution < -0.4 is 5.32 Å². The van der Waals surface area contributed by atoms with Gasteiger partial charge in [-0.2, -0.15) is 0 Å². The smallest absolute Gasteiger partial charge is 0.224 e. The average Bonchev–Trinajstić information content (AvgIpc) is 3.08. The maximum atomic E-state index is 12.5. The summed E-state index contributed by atoms with van der Waals surface area (Å²) < 4.78 is 7.56. The molecule has 0 aliphatic carbocycles. The second-order valence-corrected chi connectivity index (χ2v) is 7.84. The number of ether oxygens (including phenoxy) is 1. The highest BCUT2D eigenvalue weighted by Crippen LogP contribution is 2.23. The summed E-state index contributed by atoms with van der Waals surface area (Å²) >= 11 is 6.00. The van der Waals surface area contributed by atoms with Crippen molar-refractivity contribution in [2.45, 2.75) is 13.0 Å². The fraction of sp³-hybridized carbons (Fsp3) is 0.348. The number of amides is 1. The second-order valence-electron chi connectivity index (χ2n) is 7.41. The summed E-state index contributed by atoms with van der Waals surface area (Å²) in [6, 6.07) is 16.1. The Morgan fingerprint density at radius 1 is 1.07 bits per heavy atom. The van der Waals surface area contributed by atoms with Gasteiger partial charge in [0.05, 0.1) is 19.6 Å². The van der Waals surface area contributed by atoms with E-state index in [0.29, 0.717) is 13.0 Å². The molecule has 152 valence electrons. The largest absolute Gasteiger partial charge is 0.379 e. The van der Waals surface area contributed by atoms with Crippen LogP contribution >= 0.6 is 11.6 Å². The molecule has 0 radical (unpaired) electrons. The Kier molecular flexibility index (Phi) is 6.49. The van der Waals surface area contributed by atoms with Crippen LogP contribution in [0.15, 0.2) is 54.7 Å². The third-order valence-corrected chi connectivity index (χ3v) is 5.59. The predicted octanol–water partition coefficient (Wildman–Crippen LogP) is 3.33. The first-order valence-electron chi connectivity index (χ1n) is 10.1. The molecule has 1 N–H and O–H groups in total. The maximum absolute atomic E-state index is 12.5. The quantitative estimate of drug-likeness (QED) is 0.648. The van der Waals surface area contributed by atoms with Gasteiger partial charge in [0.1, 0.15) is 0 Å². The number of aromatic nitrogens is 1. The molecule has 1 amide bonds. The molecule has 0 unspecified atom stereocenters. The Labute approximate surface area is 176 Å². The minimum atomic E-state index is 0.0626. The molecule has 5 nitrogen and oxygen atoms in total. The average molecular weight is 412 g/mol. The Balaban J connectivity index is 1.41. The molecular formula is C23H26ClN3O2. The molecule has 4 rings (SSSR count). The number of nitrogens with one attached hydrogen (secondary N) is 1. The number of hydrogen-bond acceptors (Lipinski definition) is 3. The minimum Gasteiger partial charge on any atom is -0.379 e. The van der Waals surface area contributed by atoms with E-state index in [4.69, 9.17) is 16.3 Å². The van der Waals surface area contributed by atoms with Crippen LogP contribution in [0.3, 0.4) is 0 Å². The minimum absolute atomic E-state index is 0.0626. The summed E-state index contributed by atoms with van der Waals surface area (Å²) in [6.07, 6.45) is 2.48. The zero-order valence-electron chi connectivity index (χ0n) is 16.4. The van der Waals surface area contributed by atoms with Crippen LogP contribution in [0.1, 0.15) is 11.1 Å². The highest BCUT2D eigenvalue weighted by atomic mass is 35.5. The van der Waals surface area contributed by atoms with Gasteiger partial charge in [0, 0.05) is 54.8 Å². The molecule has 1 aromatic heterocycles. The van der Waals surface area contributed by atoms with Crippen molar-refractivity contribution in [3.8, 4) is 0 Å². The van der Waals surface area contributed by atoms with Crippen molar-refractivity contribution in [1.82, 2.24) is 14.8 Å². The predicted molar refractivity (Wildman–Crippen MR) is 116 cm³/mol. The number of morpholine rings is 1. The molecule has 0 spiro atoms. The lowest BCUT2D eigenvalue weighted by atomic mass is 10.1. The summed E-state index contributed by atoms with van der Waals surface area (Å²) in [6.45, 7) is 5.72. The summed E-state index contributed by atoms with van der Waals surface area (Å²) in [5.74, 6) is 0.0626. The molecule has 1 saturated heterocycles.